The van der Waals surface area contributed by atoms with Gasteiger partial charge in [-0.1, -0.05) is 12.1 Å². The minimum atomic E-state index is -4.35. The lowest BCUT2D eigenvalue weighted by Crippen LogP contribution is -2.04. The highest BCUT2D eigenvalue weighted by Crippen LogP contribution is 2.32. The first-order valence-electron chi connectivity index (χ1n) is 5.61. The van der Waals surface area contributed by atoms with Crippen LogP contribution in [0, 0.1) is 25.2 Å². The van der Waals surface area contributed by atoms with Gasteiger partial charge >= 0.3 is 6.18 Å². The molecule has 2 rings (SSSR count). The van der Waals surface area contributed by atoms with Crippen molar-refractivity contribution in [2.45, 2.75) is 20.0 Å². The largest absolute Gasteiger partial charge is 0.416 e. The molecule has 0 fully saturated rings. The average Bonchev–Trinajstić information content (AvgIpc) is 2.64. The highest BCUT2D eigenvalue weighted by atomic mass is 19.4. The Bertz CT molecular complexity index is 643. The van der Waals surface area contributed by atoms with Crippen LogP contribution in [0.25, 0.3) is 11.3 Å². The number of halogens is 3. The van der Waals surface area contributed by atoms with E-state index < -0.39 is 11.7 Å². The zero-order chi connectivity index (χ0) is 14.2. The van der Waals surface area contributed by atoms with E-state index in [1.807, 2.05) is 6.92 Å². The van der Waals surface area contributed by atoms with Crippen LogP contribution in [-0.2, 0) is 6.18 Å². The zero-order valence-corrected chi connectivity index (χ0v) is 10.4. The van der Waals surface area contributed by atoms with E-state index in [4.69, 9.17) is 5.26 Å². The van der Waals surface area contributed by atoms with Crippen molar-refractivity contribution in [3.8, 4) is 17.3 Å². The molecule has 0 amide bonds. The van der Waals surface area contributed by atoms with Crippen LogP contribution < -0.4 is 0 Å². The van der Waals surface area contributed by atoms with Gasteiger partial charge in [0.05, 0.1) is 16.8 Å². The molecule has 98 valence electrons. The second-order valence-corrected chi connectivity index (χ2v) is 4.31. The molecule has 19 heavy (non-hydrogen) atoms. The number of hydrogen-bond acceptors (Lipinski definition) is 1. The number of hydrogen-bond donors (Lipinski definition) is 1. The highest BCUT2D eigenvalue weighted by molar-refractivity contribution is 5.70. The summed E-state index contributed by atoms with van der Waals surface area (Å²) in [5.74, 6) is 0. The van der Waals surface area contributed by atoms with E-state index in [-0.39, 0.29) is 0 Å². The molecule has 5 heteroatoms. The third kappa shape index (κ3) is 2.34. The van der Waals surface area contributed by atoms with Crippen molar-refractivity contribution in [1.29, 1.82) is 5.26 Å². The Hall–Kier alpha value is -2.22. The normalized spacial score (nSPS) is 11.4. The Morgan fingerprint density at radius 3 is 2.16 bits per heavy atom. The Morgan fingerprint density at radius 2 is 1.68 bits per heavy atom. The van der Waals surface area contributed by atoms with Gasteiger partial charge in [-0.05, 0) is 37.1 Å². The molecule has 0 radical (unpaired) electrons. The van der Waals surface area contributed by atoms with Crippen LogP contribution in [0.1, 0.15) is 22.4 Å². The third-order valence-corrected chi connectivity index (χ3v) is 3.11. The predicted molar refractivity (Wildman–Crippen MR) is 65.4 cm³/mol. The van der Waals surface area contributed by atoms with Crippen molar-refractivity contribution in [2.24, 2.45) is 0 Å². The molecule has 0 saturated heterocycles. The number of alkyl halides is 3. The number of aromatic amines is 1. The van der Waals surface area contributed by atoms with Crippen LogP contribution in [0.15, 0.2) is 24.3 Å². The van der Waals surface area contributed by atoms with Gasteiger partial charge in [0.15, 0.2) is 0 Å². The number of nitriles is 1. The summed E-state index contributed by atoms with van der Waals surface area (Å²) < 4.78 is 37.4. The van der Waals surface area contributed by atoms with Crippen LogP contribution in [-0.4, -0.2) is 4.98 Å². The molecule has 2 nitrogen and oxygen atoms in total. The van der Waals surface area contributed by atoms with E-state index in [1.165, 1.54) is 12.1 Å². The number of nitrogens with zero attached hydrogens (tertiary/aromatic N) is 1. The van der Waals surface area contributed by atoms with Gasteiger partial charge in [-0.2, -0.15) is 18.4 Å². The van der Waals surface area contributed by atoms with Gasteiger partial charge in [-0.25, -0.2) is 0 Å². The highest BCUT2D eigenvalue weighted by Gasteiger charge is 2.30. The fraction of sp³-hybridized carbons (Fsp3) is 0.214. The van der Waals surface area contributed by atoms with Gasteiger partial charge in [-0.15, -0.1) is 0 Å². The number of aromatic nitrogens is 1. The van der Waals surface area contributed by atoms with Gasteiger partial charge in [-0.3, -0.25) is 0 Å². The summed E-state index contributed by atoms with van der Waals surface area (Å²) >= 11 is 0. The number of aryl methyl sites for hydroxylation is 1. The first-order valence-corrected chi connectivity index (χ1v) is 5.61. The predicted octanol–water partition coefficient (Wildman–Crippen LogP) is 4.19. The Morgan fingerprint density at radius 1 is 1.11 bits per heavy atom. The van der Waals surface area contributed by atoms with Crippen molar-refractivity contribution in [3.05, 3.63) is 46.6 Å². The number of benzene rings is 1. The molecule has 0 spiro atoms. The van der Waals surface area contributed by atoms with Gasteiger partial charge in [0, 0.05) is 5.69 Å². The Labute approximate surface area is 108 Å². The standard InChI is InChI=1S/C14H11F3N2/c1-8-9(2)19-13(12(8)7-18)10-3-5-11(6-4-10)14(15,16)17/h3-6,19H,1-2H3. The fourth-order valence-electron chi connectivity index (χ4n) is 1.90. The molecule has 0 unspecified atom stereocenters. The molecular weight excluding hydrogens is 253 g/mol. The number of H-pyrrole nitrogens is 1. The maximum Gasteiger partial charge on any atom is 0.416 e. The van der Waals surface area contributed by atoms with Crippen LogP contribution in [0.5, 0.6) is 0 Å². The summed E-state index contributed by atoms with van der Waals surface area (Å²) in [7, 11) is 0. The van der Waals surface area contributed by atoms with E-state index >= 15 is 0 Å². The smallest absolute Gasteiger partial charge is 0.357 e. The summed E-state index contributed by atoms with van der Waals surface area (Å²) in [5.41, 5.74) is 2.56. The summed E-state index contributed by atoms with van der Waals surface area (Å²) in [5, 5.41) is 9.11. The molecule has 0 aliphatic carbocycles. The lowest BCUT2D eigenvalue weighted by atomic mass is 10.0. The summed E-state index contributed by atoms with van der Waals surface area (Å²) in [6.07, 6.45) is -4.35. The van der Waals surface area contributed by atoms with Crippen molar-refractivity contribution in [2.75, 3.05) is 0 Å². The van der Waals surface area contributed by atoms with Gasteiger partial charge < -0.3 is 4.98 Å². The molecule has 1 aromatic heterocycles. The van der Waals surface area contributed by atoms with Crippen molar-refractivity contribution < 1.29 is 13.2 Å². The molecule has 0 bridgehead atoms. The summed E-state index contributed by atoms with van der Waals surface area (Å²) in [6, 6.07) is 6.85. The van der Waals surface area contributed by atoms with Crippen molar-refractivity contribution >= 4 is 0 Å². The second kappa shape index (κ2) is 4.47. The van der Waals surface area contributed by atoms with E-state index in [0.717, 1.165) is 23.4 Å². The van der Waals surface area contributed by atoms with Crippen LogP contribution in [0.4, 0.5) is 13.2 Å². The molecule has 0 atom stereocenters. The molecule has 1 aromatic carbocycles. The minimum absolute atomic E-state index is 0.470. The SMILES string of the molecule is Cc1[nH]c(-c2ccc(C(F)(F)F)cc2)c(C#N)c1C. The maximum atomic E-state index is 12.5. The van der Waals surface area contributed by atoms with Crippen LogP contribution >= 0.6 is 0 Å². The van der Waals surface area contributed by atoms with Gasteiger partial charge in [0.25, 0.3) is 0 Å². The summed E-state index contributed by atoms with van der Waals surface area (Å²) in [4.78, 5) is 3.03. The molecule has 0 saturated carbocycles. The van der Waals surface area contributed by atoms with E-state index in [1.54, 1.807) is 6.92 Å². The fourth-order valence-corrected chi connectivity index (χ4v) is 1.90. The molecule has 1 heterocycles. The Balaban J connectivity index is 2.50. The quantitative estimate of drug-likeness (QED) is 0.824. The Kier molecular flexibility index (Phi) is 3.11. The minimum Gasteiger partial charge on any atom is -0.357 e. The van der Waals surface area contributed by atoms with Crippen LogP contribution in [0.3, 0.4) is 0 Å². The topological polar surface area (TPSA) is 39.6 Å². The molecule has 0 aliphatic rings. The number of nitrogens with one attached hydrogen (secondary N) is 1. The van der Waals surface area contributed by atoms with Crippen molar-refractivity contribution in [1.82, 2.24) is 4.98 Å². The van der Waals surface area contributed by atoms with E-state index in [9.17, 15) is 13.2 Å². The second-order valence-electron chi connectivity index (χ2n) is 4.31. The lowest BCUT2D eigenvalue weighted by molar-refractivity contribution is -0.137. The van der Waals surface area contributed by atoms with E-state index in [2.05, 4.69) is 11.1 Å². The first-order chi connectivity index (χ1) is 8.84. The van der Waals surface area contributed by atoms with Gasteiger partial charge in [0.2, 0.25) is 0 Å². The van der Waals surface area contributed by atoms with Gasteiger partial charge in [0.1, 0.15) is 6.07 Å². The monoisotopic (exact) mass is 264 g/mol. The summed E-state index contributed by atoms with van der Waals surface area (Å²) in [6.45, 7) is 3.63. The zero-order valence-electron chi connectivity index (χ0n) is 10.4. The van der Waals surface area contributed by atoms with Crippen LogP contribution in [0.2, 0.25) is 0 Å². The third-order valence-electron chi connectivity index (χ3n) is 3.11. The molecule has 1 N–H and O–H groups in total. The number of rotatable bonds is 1. The first kappa shape index (κ1) is 13.2. The lowest BCUT2D eigenvalue weighted by Gasteiger charge is -2.07. The average molecular weight is 264 g/mol. The molecular formula is C14H11F3N2. The van der Waals surface area contributed by atoms with E-state index in [0.29, 0.717) is 16.8 Å². The van der Waals surface area contributed by atoms with Crippen molar-refractivity contribution in [3.63, 3.8) is 0 Å². The molecule has 0 aliphatic heterocycles. The molecule has 2 aromatic rings. The maximum absolute atomic E-state index is 12.5.